The van der Waals surface area contributed by atoms with Crippen molar-refractivity contribution in [1.82, 2.24) is 10.4 Å². The van der Waals surface area contributed by atoms with E-state index in [2.05, 4.69) is 15.5 Å². The van der Waals surface area contributed by atoms with Gasteiger partial charge in [0.1, 0.15) is 5.71 Å². The molecule has 5 nitrogen and oxygen atoms in total. The second kappa shape index (κ2) is 8.92. The number of carbonyl (C=O) groups is 1. The molecule has 0 aromatic heterocycles. The van der Waals surface area contributed by atoms with Gasteiger partial charge in [0.2, 0.25) is 0 Å². The van der Waals surface area contributed by atoms with Gasteiger partial charge in [0.15, 0.2) is 0 Å². The van der Waals surface area contributed by atoms with E-state index in [4.69, 9.17) is 34.8 Å². The number of amides is 1. The van der Waals surface area contributed by atoms with Crippen LogP contribution in [0.4, 0.5) is 5.69 Å². The van der Waals surface area contributed by atoms with Crippen LogP contribution in [-0.2, 0) is 4.79 Å². The Morgan fingerprint density at radius 3 is 2.38 bits per heavy atom. The third-order valence-corrected chi connectivity index (χ3v) is 6.01. The highest BCUT2D eigenvalue weighted by Crippen LogP contribution is 2.32. The molecule has 2 aromatic rings. The molecule has 0 unspecified atom stereocenters. The van der Waals surface area contributed by atoms with Crippen LogP contribution in [0.2, 0.25) is 15.1 Å². The van der Waals surface area contributed by atoms with Gasteiger partial charge in [0.05, 0.1) is 16.8 Å². The number of piperidine rings is 1. The third-order valence-electron chi connectivity index (χ3n) is 5.22. The fourth-order valence-electron chi connectivity index (χ4n) is 3.71. The molecule has 0 spiro atoms. The Labute approximate surface area is 185 Å². The van der Waals surface area contributed by atoms with Crippen molar-refractivity contribution in [2.75, 3.05) is 18.1 Å². The number of nitrogens with one attached hydrogen (secondary N) is 1. The summed E-state index contributed by atoms with van der Waals surface area (Å²) >= 11 is 18.5. The molecule has 0 radical (unpaired) electrons. The van der Waals surface area contributed by atoms with E-state index in [1.165, 1.54) is 0 Å². The van der Waals surface area contributed by atoms with Gasteiger partial charge in [-0.05, 0) is 48.7 Å². The summed E-state index contributed by atoms with van der Waals surface area (Å²) in [6, 6.07) is 12.7. The van der Waals surface area contributed by atoms with Gasteiger partial charge in [-0.3, -0.25) is 4.79 Å². The van der Waals surface area contributed by atoms with Gasteiger partial charge in [-0.15, -0.1) is 0 Å². The van der Waals surface area contributed by atoms with E-state index in [1.54, 1.807) is 23.2 Å². The quantitative estimate of drug-likeness (QED) is 0.670. The maximum atomic E-state index is 13.5. The van der Waals surface area contributed by atoms with Crippen molar-refractivity contribution in [2.24, 2.45) is 5.10 Å². The molecule has 8 heteroatoms. The first kappa shape index (κ1) is 20.5. The lowest BCUT2D eigenvalue weighted by Gasteiger charge is -2.37. The zero-order valence-corrected chi connectivity index (χ0v) is 18.0. The van der Waals surface area contributed by atoms with Gasteiger partial charge in [-0.25, -0.2) is 10.0 Å². The Morgan fingerprint density at radius 1 is 1.00 bits per heavy atom. The molecule has 0 bridgehead atoms. The highest BCUT2D eigenvalue weighted by Gasteiger charge is 2.33. The van der Waals surface area contributed by atoms with Crippen molar-refractivity contribution < 1.29 is 4.79 Å². The predicted octanol–water partition coefficient (Wildman–Crippen LogP) is 5.47. The smallest absolute Gasteiger partial charge is 0.289 e. The molecule has 0 aliphatic carbocycles. The van der Waals surface area contributed by atoms with Crippen LogP contribution < -0.4 is 10.4 Å². The number of hydrazine groups is 1. The highest BCUT2D eigenvalue weighted by atomic mass is 35.5. The van der Waals surface area contributed by atoms with E-state index in [-0.39, 0.29) is 11.9 Å². The summed E-state index contributed by atoms with van der Waals surface area (Å²) in [5.41, 5.74) is 5.22. The Hall–Kier alpha value is -1.79. The number of hydrazone groups is 1. The molecule has 4 rings (SSSR count). The lowest BCUT2D eigenvalue weighted by molar-refractivity contribution is -0.115. The Kier molecular flexibility index (Phi) is 6.30. The van der Waals surface area contributed by atoms with E-state index in [9.17, 15) is 4.79 Å². The minimum Gasteiger partial charge on any atom is -0.302 e. The predicted molar refractivity (Wildman–Crippen MR) is 119 cm³/mol. The van der Waals surface area contributed by atoms with Crippen LogP contribution in [-0.4, -0.2) is 29.7 Å². The van der Waals surface area contributed by atoms with Crippen LogP contribution in [0, 0.1) is 0 Å². The molecule has 0 saturated carbocycles. The van der Waals surface area contributed by atoms with Gasteiger partial charge in [0.25, 0.3) is 5.91 Å². The molecular formula is C21H21Cl3N4O. The van der Waals surface area contributed by atoms with Crippen LogP contribution >= 0.6 is 34.8 Å². The zero-order chi connectivity index (χ0) is 20.4. The minimum absolute atomic E-state index is 0.0601. The molecular weight excluding hydrogens is 431 g/mol. The fourth-order valence-corrected chi connectivity index (χ4v) is 4.32. The summed E-state index contributed by atoms with van der Waals surface area (Å²) in [5, 5.41) is 9.73. The lowest BCUT2D eigenvalue weighted by atomic mass is 10.0. The highest BCUT2D eigenvalue weighted by molar-refractivity contribution is 6.45. The summed E-state index contributed by atoms with van der Waals surface area (Å²) in [6.07, 6.45) is 3.73. The van der Waals surface area contributed by atoms with Gasteiger partial charge >= 0.3 is 0 Å². The number of nitrogens with zero attached hydrogens (tertiary/aromatic N) is 3. The Morgan fingerprint density at radius 2 is 1.69 bits per heavy atom. The van der Waals surface area contributed by atoms with Crippen molar-refractivity contribution in [3.8, 4) is 0 Å². The van der Waals surface area contributed by atoms with Gasteiger partial charge in [-0.1, -0.05) is 53.4 Å². The minimum atomic E-state index is -0.167. The first-order chi connectivity index (χ1) is 14.0. The van der Waals surface area contributed by atoms with Crippen molar-refractivity contribution in [1.29, 1.82) is 0 Å². The first-order valence-corrected chi connectivity index (χ1v) is 10.8. The Bertz CT molecular complexity index is 926. The van der Waals surface area contributed by atoms with Crippen LogP contribution in [0.3, 0.4) is 0 Å². The summed E-state index contributed by atoms with van der Waals surface area (Å²) in [4.78, 5) is 13.5. The SMILES string of the molecule is O=C(C1=NN[C@H](c2ccc(Cl)cc2)C1)N(c1ccc(Cl)cc1Cl)N1CCCCC1. The van der Waals surface area contributed by atoms with Crippen molar-refractivity contribution in [3.63, 3.8) is 0 Å². The Balaban J connectivity index is 1.59. The molecule has 1 saturated heterocycles. The van der Waals surface area contributed by atoms with E-state index >= 15 is 0 Å². The third kappa shape index (κ3) is 4.53. The van der Waals surface area contributed by atoms with Crippen LogP contribution in [0.1, 0.15) is 37.3 Å². The van der Waals surface area contributed by atoms with Crippen molar-refractivity contribution in [3.05, 3.63) is 63.1 Å². The standard InChI is InChI=1S/C21H21Cl3N4O/c22-15-6-4-14(5-7-15)18-13-19(26-25-18)21(29)28(27-10-2-1-3-11-27)20-9-8-16(23)12-17(20)24/h4-9,12,18,25H,1-3,10-11,13H2/t18-/m0/s1. The van der Waals surface area contributed by atoms with Crippen molar-refractivity contribution in [2.45, 2.75) is 31.7 Å². The average molecular weight is 452 g/mol. The molecule has 1 atom stereocenters. The summed E-state index contributed by atoms with van der Waals surface area (Å²) < 4.78 is 0. The number of carbonyl (C=O) groups excluding carboxylic acids is 1. The van der Waals surface area contributed by atoms with Crippen LogP contribution in [0.15, 0.2) is 47.6 Å². The second-order valence-corrected chi connectivity index (χ2v) is 8.50. The molecule has 2 heterocycles. The van der Waals surface area contributed by atoms with Crippen LogP contribution in [0.5, 0.6) is 0 Å². The van der Waals surface area contributed by atoms with Gasteiger partial charge in [-0.2, -0.15) is 5.10 Å². The van der Waals surface area contributed by atoms with Gasteiger partial charge in [0, 0.05) is 29.6 Å². The summed E-state index contributed by atoms with van der Waals surface area (Å²) in [5.74, 6) is -0.167. The molecule has 2 aromatic carbocycles. The topological polar surface area (TPSA) is 47.9 Å². The number of hydrogen-bond acceptors (Lipinski definition) is 4. The number of rotatable bonds is 4. The lowest BCUT2D eigenvalue weighted by Crippen LogP contribution is -2.51. The number of hydrogen-bond donors (Lipinski definition) is 1. The summed E-state index contributed by atoms with van der Waals surface area (Å²) in [7, 11) is 0. The first-order valence-electron chi connectivity index (χ1n) is 9.65. The van der Waals surface area contributed by atoms with Gasteiger partial charge < -0.3 is 5.43 Å². The number of halogens is 3. The molecule has 152 valence electrons. The molecule has 29 heavy (non-hydrogen) atoms. The summed E-state index contributed by atoms with van der Waals surface area (Å²) in [6.45, 7) is 1.60. The molecule has 1 amide bonds. The fraction of sp³-hybridized carbons (Fsp3) is 0.333. The van der Waals surface area contributed by atoms with E-state index in [1.807, 2.05) is 24.3 Å². The largest absolute Gasteiger partial charge is 0.302 e. The monoisotopic (exact) mass is 450 g/mol. The van der Waals surface area contributed by atoms with E-state index < -0.39 is 0 Å². The molecule has 2 aliphatic heterocycles. The number of anilines is 1. The molecule has 2 aliphatic rings. The zero-order valence-electron chi connectivity index (χ0n) is 15.7. The maximum Gasteiger partial charge on any atom is 0.289 e. The van der Waals surface area contributed by atoms with E-state index in [0.29, 0.717) is 32.9 Å². The van der Waals surface area contributed by atoms with E-state index in [0.717, 1.165) is 37.9 Å². The number of benzene rings is 2. The van der Waals surface area contributed by atoms with Crippen LogP contribution in [0.25, 0.3) is 0 Å². The molecule has 1 N–H and O–H groups in total. The molecule has 1 fully saturated rings. The average Bonchev–Trinajstić information content (AvgIpc) is 3.21. The normalized spacial score (nSPS) is 19.6. The van der Waals surface area contributed by atoms with Crippen molar-refractivity contribution >= 4 is 52.1 Å². The second-order valence-electron chi connectivity index (χ2n) is 7.22. The maximum absolute atomic E-state index is 13.5.